The minimum Gasteiger partial charge on any atom is -0.339 e. The molecule has 0 radical (unpaired) electrons. The van der Waals surface area contributed by atoms with E-state index in [-0.39, 0.29) is 36.6 Å². The van der Waals surface area contributed by atoms with E-state index in [1.54, 1.807) is 30.3 Å². The number of carbonyl (C=O) groups excluding carboxylic acids is 4. The maximum absolute atomic E-state index is 12.9. The molecule has 0 aromatic heterocycles. The van der Waals surface area contributed by atoms with E-state index < -0.39 is 0 Å². The Balaban J connectivity index is 1.37. The van der Waals surface area contributed by atoms with Crippen molar-refractivity contribution in [3.8, 4) is 0 Å². The Morgan fingerprint density at radius 3 is 2.23 bits per heavy atom. The molecule has 1 N–H and O–H groups in total. The van der Waals surface area contributed by atoms with Crippen LogP contribution in [0.5, 0.6) is 0 Å². The molecule has 1 saturated heterocycles. The molecule has 1 fully saturated rings. The van der Waals surface area contributed by atoms with Gasteiger partial charge in [-0.3, -0.25) is 24.1 Å². The number of hydrogen-bond donors (Lipinski definition) is 1. The molecule has 4 amide bonds. The van der Waals surface area contributed by atoms with Gasteiger partial charge in [-0.1, -0.05) is 24.3 Å². The average Bonchev–Trinajstić information content (AvgIpc) is 3.38. The molecule has 0 spiro atoms. The average molecular weight is 419 g/mol. The third kappa shape index (κ3) is 4.08. The molecule has 160 valence electrons. The van der Waals surface area contributed by atoms with Gasteiger partial charge >= 0.3 is 0 Å². The highest BCUT2D eigenvalue weighted by atomic mass is 16.2. The zero-order valence-electron chi connectivity index (χ0n) is 17.5. The van der Waals surface area contributed by atoms with E-state index in [4.69, 9.17) is 0 Å². The minimum atomic E-state index is -0.321. The van der Waals surface area contributed by atoms with Crippen LogP contribution in [-0.4, -0.2) is 53.1 Å². The summed E-state index contributed by atoms with van der Waals surface area (Å²) in [6.07, 6.45) is 2.48. The van der Waals surface area contributed by atoms with Gasteiger partial charge in [0.1, 0.15) is 0 Å². The number of imide groups is 1. The van der Waals surface area contributed by atoms with Crippen LogP contribution in [0.15, 0.2) is 42.5 Å². The molecule has 2 aliphatic heterocycles. The summed E-state index contributed by atoms with van der Waals surface area (Å²) in [5.41, 5.74) is 2.66. The van der Waals surface area contributed by atoms with Gasteiger partial charge in [0.15, 0.2) is 0 Å². The first-order valence-electron chi connectivity index (χ1n) is 10.6. The Hall–Kier alpha value is -3.48. The van der Waals surface area contributed by atoms with Crippen LogP contribution >= 0.6 is 0 Å². The van der Waals surface area contributed by atoms with Crippen molar-refractivity contribution in [2.75, 3.05) is 25.0 Å². The number of benzene rings is 2. The lowest BCUT2D eigenvalue weighted by Crippen LogP contribution is -2.31. The molecule has 4 rings (SSSR count). The molecular weight excluding hydrogens is 394 g/mol. The summed E-state index contributed by atoms with van der Waals surface area (Å²) in [5.74, 6) is -0.958. The van der Waals surface area contributed by atoms with Crippen LogP contribution in [0.3, 0.4) is 0 Å². The molecule has 7 nitrogen and oxygen atoms in total. The number of nitrogens with one attached hydrogen (secondary N) is 1. The van der Waals surface area contributed by atoms with Gasteiger partial charge in [-0.05, 0) is 49.9 Å². The topological polar surface area (TPSA) is 86.8 Å². The van der Waals surface area contributed by atoms with Gasteiger partial charge in [0.05, 0.1) is 22.4 Å². The molecule has 0 saturated carbocycles. The van der Waals surface area contributed by atoms with Crippen LogP contribution in [0.2, 0.25) is 0 Å². The zero-order valence-corrected chi connectivity index (χ0v) is 17.5. The summed E-state index contributed by atoms with van der Waals surface area (Å²) in [6.45, 7) is 3.50. The quantitative estimate of drug-likeness (QED) is 0.728. The third-order valence-corrected chi connectivity index (χ3v) is 5.82. The molecule has 2 aromatic carbocycles. The monoisotopic (exact) mass is 419 g/mol. The SMILES string of the molecule is Cc1cccc(C(=O)N2CCCC2)c1NC(=O)CCCN1C(=O)c2ccccc2C1=O. The first kappa shape index (κ1) is 20.8. The summed E-state index contributed by atoms with van der Waals surface area (Å²) < 4.78 is 0. The summed E-state index contributed by atoms with van der Waals surface area (Å²) in [4.78, 5) is 53.3. The number of hydrogen-bond acceptors (Lipinski definition) is 4. The lowest BCUT2D eigenvalue weighted by Gasteiger charge is -2.19. The van der Waals surface area contributed by atoms with E-state index in [2.05, 4.69) is 5.32 Å². The maximum Gasteiger partial charge on any atom is 0.261 e. The van der Waals surface area contributed by atoms with Gasteiger partial charge in [-0.15, -0.1) is 0 Å². The second-order valence-corrected chi connectivity index (χ2v) is 7.96. The highest BCUT2D eigenvalue weighted by Crippen LogP contribution is 2.25. The fourth-order valence-corrected chi connectivity index (χ4v) is 4.14. The smallest absolute Gasteiger partial charge is 0.261 e. The van der Waals surface area contributed by atoms with Crippen molar-refractivity contribution >= 4 is 29.3 Å². The Morgan fingerprint density at radius 1 is 0.935 bits per heavy atom. The van der Waals surface area contributed by atoms with E-state index in [9.17, 15) is 19.2 Å². The fraction of sp³-hybridized carbons (Fsp3) is 0.333. The van der Waals surface area contributed by atoms with Crippen molar-refractivity contribution in [3.05, 3.63) is 64.7 Å². The summed E-state index contributed by atoms with van der Waals surface area (Å²) in [5, 5.41) is 2.87. The van der Waals surface area contributed by atoms with Crippen LogP contribution < -0.4 is 5.32 Å². The highest BCUT2D eigenvalue weighted by molar-refractivity contribution is 6.21. The zero-order chi connectivity index (χ0) is 22.0. The second-order valence-electron chi connectivity index (χ2n) is 7.96. The number of anilines is 1. The standard InChI is InChI=1S/C24H25N3O4/c1-16-8-6-11-19(22(29)26-13-4-5-14-26)21(16)25-20(28)12-7-15-27-23(30)17-9-2-3-10-18(17)24(27)31/h2-3,6,8-11H,4-5,7,12-15H2,1H3,(H,25,28). The maximum atomic E-state index is 12.9. The van der Waals surface area contributed by atoms with Gasteiger partial charge in [-0.2, -0.15) is 0 Å². The molecule has 0 bridgehead atoms. The third-order valence-electron chi connectivity index (χ3n) is 5.82. The van der Waals surface area contributed by atoms with Gasteiger partial charge in [0.2, 0.25) is 5.91 Å². The van der Waals surface area contributed by atoms with Gasteiger partial charge < -0.3 is 10.2 Å². The summed E-state index contributed by atoms with van der Waals surface area (Å²) >= 11 is 0. The molecule has 31 heavy (non-hydrogen) atoms. The van der Waals surface area contributed by atoms with Gasteiger partial charge in [0, 0.05) is 26.1 Å². The molecular formula is C24H25N3O4. The fourth-order valence-electron chi connectivity index (χ4n) is 4.14. The number of para-hydroxylation sites is 1. The number of aryl methyl sites for hydroxylation is 1. The Morgan fingerprint density at radius 2 is 1.58 bits per heavy atom. The minimum absolute atomic E-state index is 0.0671. The van der Waals surface area contributed by atoms with E-state index in [0.29, 0.717) is 28.8 Å². The molecule has 2 heterocycles. The summed E-state index contributed by atoms with van der Waals surface area (Å²) in [6, 6.07) is 12.1. The number of fused-ring (bicyclic) bond motifs is 1. The van der Waals surface area contributed by atoms with Crippen molar-refractivity contribution in [3.63, 3.8) is 0 Å². The van der Waals surface area contributed by atoms with Crippen LogP contribution in [-0.2, 0) is 4.79 Å². The van der Waals surface area contributed by atoms with Crippen LogP contribution in [0.25, 0.3) is 0 Å². The molecule has 0 atom stereocenters. The van der Waals surface area contributed by atoms with E-state index in [1.165, 1.54) is 4.90 Å². The molecule has 7 heteroatoms. The normalized spacial score (nSPS) is 15.4. The van der Waals surface area contributed by atoms with E-state index in [0.717, 1.165) is 31.5 Å². The number of carbonyl (C=O) groups is 4. The molecule has 0 unspecified atom stereocenters. The van der Waals surface area contributed by atoms with Crippen molar-refractivity contribution in [1.29, 1.82) is 0 Å². The number of amides is 4. The largest absolute Gasteiger partial charge is 0.339 e. The lowest BCUT2D eigenvalue weighted by molar-refractivity contribution is -0.116. The Kier molecular flexibility index (Phi) is 5.84. The number of rotatable bonds is 6. The van der Waals surface area contributed by atoms with Gasteiger partial charge in [-0.25, -0.2) is 0 Å². The number of likely N-dealkylation sites (tertiary alicyclic amines) is 1. The van der Waals surface area contributed by atoms with E-state index in [1.807, 2.05) is 24.0 Å². The summed E-state index contributed by atoms with van der Waals surface area (Å²) in [7, 11) is 0. The van der Waals surface area contributed by atoms with E-state index >= 15 is 0 Å². The predicted molar refractivity (Wildman–Crippen MR) is 116 cm³/mol. The molecule has 2 aromatic rings. The number of nitrogens with zero attached hydrogens (tertiary/aromatic N) is 2. The molecule has 2 aliphatic rings. The molecule has 0 aliphatic carbocycles. The lowest BCUT2D eigenvalue weighted by atomic mass is 10.1. The van der Waals surface area contributed by atoms with Crippen LogP contribution in [0.4, 0.5) is 5.69 Å². The van der Waals surface area contributed by atoms with Crippen LogP contribution in [0.1, 0.15) is 62.3 Å². The van der Waals surface area contributed by atoms with Crippen LogP contribution in [0, 0.1) is 6.92 Å². The Bertz CT molecular complexity index is 1020. The Labute approximate surface area is 181 Å². The van der Waals surface area contributed by atoms with Crippen molar-refractivity contribution < 1.29 is 19.2 Å². The highest BCUT2D eigenvalue weighted by Gasteiger charge is 2.34. The van der Waals surface area contributed by atoms with Crippen molar-refractivity contribution in [2.45, 2.75) is 32.6 Å². The van der Waals surface area contributed by atoms with Gasteiger partial charge in [0.25, 0.3) is 17.7 Å². The van der Waals surface area contributed by atoms with Crippen molar-refractivity contribution in [1.82, 2.24) is 9.80 Å². The second kappa shape index (κ2) is 8.71. The van der Waals surface area contributed by atoms with Crippen molar-refractivity contribution in [2.24, 2.45) is 0 Å². The first-order valence-corrected chi connectivity index (χ1v) is 10.6. The first-order chi connectivity index (χ1) is 15.0. The predicted octanol–water partition coefficient (Wildman–Crippen LogP) is 3.25.